The van der Waals surface area contributed by atoms with Gasteiger partial charge in [-0.25, -0.2) is 0 Å². The highest BCUT2D eigenvalue weighted by atomic mass is 16.5. The zero-order valence-corrected chi connectivity index (χ0v) is 15.6. The Morgan fingerprint density at radius 2 is 1.96 bits per heavy atom. The number of hydrogen-bond donors (Lipinski definition) is 1. The highest BCUT2D eigenvalue weighted by Crippen LogP contribution is 2.25. The molecule has 140 valence electrons. The number of anilines is 1. The summed E-state index contributed by atoms with van der Waals surface area (Å²) in [5, 5.41) is 7.60. The standard InChI is InChI=1S/C22H19N3O3/c1-14-5-7-18(10-15(14)2)27-13-22(26)24-21-12-20(28-25-21)17-6-8-19-16(11-17)4-3-9-23-19/h3-12H,13H2,1-2H3,(H,24,25,26). The van der Waals surface area contributed by atoms with E-state index in [-0.39, 0.29) is 12.5 Å². The van der Waals surface area contributed by atoms with Gasteiger partial charge in [0.1, 0.15) is 5.75 Å². The topological polar surface area (TPSA) is 77.2 Å². The zero-order chi connectivity index (χ0) is 19.5. The summed E-state index contributed by atoms with van der Waals surface area (Å²) in [6.45, 7) is 3.93. The molecule has 0 spiro atoms. The lowest BCUT2D eigenvalue weighted by Gasteiger charge is -2.07. The molecule has 2 heterocycles. The molecular weight excluding hydrogens is 354 g/mol. The zero-order valence-electron chi connectivity index (χ0n) is 15.6. The molecule has 4 rings (SSSR count). The number of ether oxygens (including phenoxy) is 1. The monoisotopic (exact) mass is 373 g/mol. The first-order chi connectivity index (χ1) is 13.6. The fourth-order valence-corrected chi connectivity index (χ4v) is 2.83. The van der Waals surface area contributed by atoms with Crippen LogP contribution in [0.15, 0.2) is 65.3 Å². The Labute approximate surface area is 162 Å². The summed E-state index contributed by atoms with van der Waals surface area (Å²) in [5.41, 5.74) is 4.06. The third-order valence-electron chi connectivity index (χ3n) is 4.51. The molecule has 0 aliphatic carbocycles. The van der Waals surface area contributed by atoms with Crippen LogP contribution in [0.3, 0.4) is 0 Å². The summed E-state index contributed by atoms with van der Waals surface area (Å²) in [5.74, 6) is 1.26. The van der Waals surface area contributed by atoms with Crippen LogP contribution in [0.4, 0.5) is 5.82 Å². The van der Waals surface area contributed by atoms with Gasteiger partial charge >= 0.3 is 0 Å². The molecule has 28 heavy (non-hydrogen) atoms. The molecule has 0 saturated carbocycles. The van der Waals surface area contributed by atoms with Crippen molar-refractivity contribution in [2.75, 3.05) is 11.9 Å². The second-order valence-electron chi connectivity index (χ2n) is 6.57. The molecule has 0 bridgehead atoms. The molecule has 6 nitrogen and oxygen atoms in total. The molecule has 0 atom stereocenters. The first-order valence-corrected chi connectivity index (χ1v) is 8.90. The van der Waals surface area contributed by atoms with Gasteiger partial charge in [0.05, 0.1) is 5.52 Å². The van der Waals surface area contributed by atoms with Crippen molar-refractivity contribution in [1.82, 2.24) is 10.1 Å². The third kappa shape index (κ3) is 3.86. The number of carbonyl (C=O) groups excluding carboxylic acids is 1. The maximum Gasteiger partial charge on any atom is 0.263 e. The summed E-state index contributed by atoms with van der Waals surface area (Å²) in [4.78, 5) is 16.4. The molecule has 0 unspecified atom stereocenters. The Balaban J connectivity index is 1.40. The first-order valence-electron chi connectivity index (χ1n) is 8.90. The number of aryl methyl sites for hydroxylation is 2. The lowest BCUT2D eigenvalue weighted by molar-refractivity contribution is -0.118. The average molecular weight is 373 g/mol. The number of benzene rings is 2. The molecule has 0 saturated heterocycles. The van der Waals surface area contributed by atoms with Gasteiger partial charge in [-0.05, 0) is 61.4 Å². The third-order valence-corrected chi connectivity index (χ3v) is 4.51. The van der Waals surface area contributed by atoms with Crippen molar-refractivity contribution in [2.45, 2.75) is 13.8 Å². The molecule has 2 aromatic carbocycles. The van der Waals surface area contributed by atoms with Crippen molar-refractivity contribution in [2.24, 2.45) is 0 Å². The van der Waals surface area contributed by atoms with Gasteiger partial charge in [-0.2, -0.15) is 0 Å². The van der Waals surface area contributed by atoms with Crippen LogP contribution in [0.25, 0.3) is 22.2 Å². The highest BCUT2D eigenvalue weighted by molar-refractivity contribution is 5.91. The summed E-state index contributed by atoms with van der Waals surface area (Å²) in [7, 11) is 0. The Kier molecular flexibility index (Phi) is 4.76. The van der Waals surface area contributed by atoms with Crippen LogP contribution in [0.5, 0.6) is 5.75 Å². The number of nitrogens with zero attached hydrogens (tertiary/aromatic N) is 2. The van der Waals surface area contributed by atoms with Crippen LogP contribution in [-0.4, -0.2) is 22.7 Å². The molecular formula is C22H19N3O3. The predicted octanol–water partition coefficient (Wildman–Crippen LogP) is 4.52. The first kappa shape index (κ1) is 17.7. The van der Waals surface area contributed by atoms with Crippen molar-refractivity contribution in [3.63, 3.8) is 0 Å². The van der Waals surface area contributed by atoms with Crippen LogP contribution in [-0.2, 0) is 4.79 Å². The van der Waals surface area contributed by atoms with Crippen molar-refractivity contribution in [3.8, 4) is 17.1 Å². The minimum Gasteiger partial charge on any atom is -0.484 e. The van der Waals surface area contributed by atoms with E-state index >= 15 is 0 Å². The van der Waals surface area contributed by atoms with Crippen molar-refractivity contribution < 1.29 is 14.1 Å². The number of nitrogens with one attached hydrogen (secondary N) is 1. The Morgan fingerprint density at radius 1 is 1.07 bits per heavy atom. The van der Waals surface area contributed by atoms with E-state index in [1.165, 1.54) is 5.56 Å². The highest BCUT2D eigenvalue weighted by Gasteiger charge is 2.11. The minimum atomic E-state index is -0.305. The van der Waals surface area contributed by atoms with Gasteiger partial charge < -0.3 is 14.6 Å². The van der Waals surface area contributed by atoms with Crippen LogP contribution in [0, 0.1) is 13.8 Å². The molecule has 2 aromatic heterocycles. The Hall–Kier alpha value is -3.67. The molecule has 0 aliphatic heterocycles. The van der Waals surface area contributed by atoms with Crippen LogP contribution in [0.1, 0.15) is 11.1 Å². The predicted molar refractivity (Wildman–Crippen MR) is 107 cm³/mol. The van der Waals surface area contributed by atoms with E-state index < -0.39 is 0 Å². The van der Waals surface area contributed by atoms with Crippen molar-refractivity contribution >= 4 is 22.6 Å². The quantitative estimate of drug-likeness (QED) is 0.556. The maximum atomic E-state index is 12.1. The van der Waals surface area contributed by atoms with Gasteiger partial charge in [0.2, 0.25) is 0 Å². The lowest BCUT2D eigenvalue weighted by atomic mass is 10.1. The second kappa shape index (κ2) is 7.52. The SMILES string of the molecule is Cc1ccc(OCC(=O)Nc2cc(-c3ccc4ncccc4c3)on2)cc1C. The molecule has 4 aromatic rings. The number of rotatable bonds is 5. The van der Waals surface area contributed by atoms with Gasteiger partial charge in [0.25, 0.3) is 5.91 Å². The maximum absolute atomic E-state index is 12.1. The van der Waals surface area contributed by atoms with Crippen LogP contribution >= 0.6 is 0 Å². The van der Waals surface area contributed by atoms with E-state index in [0.29, 0.717) is 17.3 Å². The van der Waals surface area contributed by atoms with Crippen molar-refractivity contribution in [1.29, 1.82) is 0 Å². The van der Waals surface area contributed by atoms with E-state index in [0.717, 1.165) is 22.0 Å². The van der Waals surface area contributed by atoms with E-state index in [9.17, 15) is 4.79 Å². The molecule has 0 fully saturated rings. The van der Waals surface area contributed by atoms with Gasteiger partial charge in [-0.3, -0.25) is 9.78 Å². The number of fused-ring (bicyclic) bond motifs is 1. The fourth-order valence-electron chi connectivity index (χ4n) is 2.83. The van der Waals surface area contributed by atoms with Gasteiger partial charge in [-0.1, -0.05) is 17.3 Å². The smallest absolute Gasteiger partial charge is 0.263 e. The summed E-state index contributed by atoms with van der Waals surface area (Å²) >= 11 is 0. The minimum absolute atomic E-state index is 0.105. The van der Waals surface area contributed by atoms with E-state index in [1.54, 1.807) is 12.3 Å². The number of amides is 1. The van der Waals surface area contributed by atoms with Crippen LogP contribution < -0.4 is 10.1 Å². The van der Waals surface area contributed by atoms with E-state index in [4.69, 9.17) is 9.26 Å². The molecule has 0 aliphatic rings. The van der Waals surface area contributed by atoms with Gasteiger partial charge in [0.15, 0.2) is 18.2 Å². The molecule has 1 N–H and O–H groups in total. The van der Waals surface area contributed by atoms with Gasteiger partial charge in [-0.15, -0.1) is 0 Å². The molecule has 6 heteroatoms. The fraction of sp³-hybridized carbons (Fsp3) is 0.136. The van der Waals surface area contributed by atoms with E-state index in [2.05, 4.69) is 15.5 Å². The number of carbonyl (C=O) groups is 1. The van der Waals surface area contributed by atoms with Gasteiger partial charge in [0, 0.05) is 23.2 Å². The van der Waals surface area contributed by atoms with E-state index in [1.807, 2.05) is 62.4 Å². The average Bonchev–Trinajstić information content (AvgIpc) is 3.17. The molecule has 0 radical (unpaired) electrons. The second-order valence-corrected chi connectivity index (χ2v) is 6.57. The summed E-state index contributed by atoms with van der Waals surface area (Å²) < 4.78 is 10.9. The van der Waals surface area contributed by atoms with Crippen LogP contribution in [0.2, 0.25) is 0 Å². The lowest BCUT2D eigenvalue weighted by Crippen LogP contribution is -2.20. The summed E-state index contributed by atoms with van der Waals surface area (Å²) in [6, 6.07) is 17.1. The largest absolute Gasteiger partial charge is 0.484 e. The molecule has 1 amide bonds. The van der Waals surface area contributed by atoms with Crippen molar-refractivity contribution in [3.05, 3.63) is 71.9 Å². The Morgan fingerprint density at radius 3 is 2.82 bits per heavy atom. The Bertz CT molecular complexity index is 1150. The number of pyridine rings is 1. The number of hydrogen-bond acceptors (Lipinski definition) is 5. The number of aromatic nitrogens is 2. The summed E-state index contributed by atoms with van der Waals surface area (Å²) in [6.07, 6.45) is 1.75. The normalized spacial score (nSPS) is 10.8.